The molecule has 0 unspecified atom stereocenters. The van der Waals surface area contributed by atoms with Crippen LogP contribution in [0.15, 0.2) is 24.3 Å². The van der Waals surface area contributed by atoms with Crippen molar-refractivity contribution in [1.82, 2.24) is 14.7 Å². The number of likely N-dealkylation sites (tertiary alicyclic amines) is 1. The Labute approximate surface area is 171 Å². The standard InChI is InChI=1S/C21H29N5O3/c1-16-14-19(27)22-17-6-2-3-7-18(17)26(16)20(28)15-23-10-12-25(13-11-23)21(29)24-8-4-5-9-24/h2-3,6-7,16H,4-5,8-15H2,1H3,(H,22,27)/t16-/m0/s1. The molecule has 156 valence electrons. The molecule has 2 saturated heterocycles. The number of carbonyl (C=O) groups is 3. The van der Waals surface area contributed by atoms with Gasteiger partial charge in [0, 0.05) is 51.7 Å². The molecule has 4 rings (SSSR count). The lowest BCUT2D eigenvalue weighted by Gasteiger charge is -2.37. The predicted octanol–water partition coefficient (Wildman–Crippen LogP) is 1.58. The van der Waals surface area contributed by atoms with Gasteiger partial charge < -0.3 is 20.0 Å². The van der Waals surface area contributed by atoms with E-state index in [4.69, 9.17) is 0 Å². The van der Waals surface area contributed by atoms with Crippen molar-refractivity contribution in [3.63, 3.8) is 0 Å². The number of piperazine rings is 1. The lowest BCUT2D eigenvalue weighted by atomic mass is 10.1. The Morgan fingerprint density at radius 1 is 1.00 bits per heavy atom. The number of nitrogens with one attached hydrogen (secondary N) is 1. The quantitative estimate of drug-likeness (QED) is 0.819. The second-order valence-electron chi connectivity index (χ2n) is 8.12. The Hall–Kier alpha value is -2.61. The Bertz CT molecular complexity index is 784. The van der Waals surface area contributed by atoms with Crippen molar-refractivity contribution in [3.05, 3.63) is 24.3 Å². The molecule has 1 aromatic rings. The van der Waals surface area contributed by atoms with E-state index in [2.05, 4.69) is 10.2 Å². The van der Waals surface area contributed by atoms with Crippen LogP contribution in [0.2, 0.25) is 0 Å². The number of anilines is 2. The average Bonchev–Trinajstić information content (AvgIpc) is 3.20. The summed E-state index contributed by atoms with van der Waals surface area (Å²) in [7, 11) is 0. The molecule has 8 nitrogen and oxygen atoms in total. The second kappa shape index (κ2) is 8.41. The molecule has 2 fully saturated rings. The van der Waals surface area contributed by atoms with Gasteiger partial charge in [-0.3, -0.25) is 14.5 Å². The summed E-state index contributed by atoms with van der Waals surface area (Å²) in [5.41, 5.74) is 1.43. The summed E-state index contributed by atoms with van der Waals surface area (Å²) in [6, 6.07) is 7.37. The molecule has 0 spiro atoms. The number of urea groups is 1. The first-order valence-electron chi connectivity index (χ1n) is 10.5. The molecular formula is C21H29N5O3. The summed E-state index contributed by atoms with van der Waals surface area (Å²) < 4.78 is 0. The largest absolute Gasteiger partial charge is 0.325 e. The highest BCUT2D eigenvalue weighted by atomic mass is 16.2. The summed E-state index contributed by atoms with van der Waals surface area (Å²) >= 11 is 0. The maximum Gasteiger partial charge on any atom is 0.320 e. The lowest BCUT2D eigenvalue weighted by molar-refractivity contribution is -0.120. The van der Waals surface area contributed by atoms with E-state index < -0.39 is 0 Å². The van der Waals surface area contributed by atoms with E-state index in [1.807, 2.05) is 41.0 Å². The van der Waals surface area contributed by atoms with Crippen LogP contribution in [-0.2, 0) is 9.59 Å². The smallest absolute Gasteiger partial charge is 0.320 e. The summed E-state index contributed by atoms with van der Waals surface area (Å²) in [6.07, 6.45) is 2.46. The van der Waals surface area contributed by atoms with Crippen molar-refractivity contribution in [3.8, 4) is 0 Å². The third-order valence-corrected chi connectivity index (χ3v) is 6.01. The number of fused-ring (bicyclic) bond motifs is 1. The summed E-state index contributed by atoms with van der Waals surface area (Å²) in [4.78, 5) is 45.5. The first-order chi connectivity index (χ1) is 14.0. The summed E-state index contributed by atoms with van der Waals surface area (Å²) in [5.74, 6) is -0.0879. The average molecular weight is 399 g/mol. The molecule has 0 saturated carbocycles. The van der Waals surface area contributed by atoms with Crippen molar-refractivity contribution in [2.45, 2.75) is 32.2 Å². The Morgan fingerprint density at radius 3 is 2.38 bits per heavy atom. The van der Waals surface area contributed by atoms with Crippen LogP contribution in [0, 0.1) is 0 Å². The maximum atomic E-state index is 13.2. The minimum absolute atomic E-state index is 0.0132. The van der Waals surface area contributed by atoms with Crippen LogP contribution in [0.5, 0.6) is 0 Å². The highest BCUT2D eigenvalue weighted by molar-refractivity contribution is 6.04. The Balaban J connectivity index is 1.38. The van der Waals surface area contributed by atoms with Gasteiger partial charge >= 0.3 is 6.03 Å². The van der Waals surface area contributed by atoms with Crippen molar-refractivity contribution < 1.29 is 14.4 Å². The van der Waals surface area contributed by atoms with Crippen LogP contribution in [-0.4, -0.2) is 84.4 Å². The van der Waals surface area contributed by atoms with Gasteiger partial charge in [0.25, 0.3) is 0 Å². The topological polar surface area (TPSA) is 76.2 Å². The fourth-order valence-corrected chi connectivity index (χ4v) is 4.44. The van der Waals surface area contributed by atoms with E-state index in [0.29, 0.717) is 38.4 Å². The van der Waals surface area contributed by atoms with Gasteiger partial charge in [0.1, 0.15) is 0 Å². The number of carbonyl (C=O) groups excluding carboxylic acids is 3. The number of benzene rings is 1. The molecule has 0 aromatic heterocycles. The number of para-hydroxylation sites is 2. The van der Waals surface area contributed by atoms with Gasteiger partial charge in [0.05, 0.1) is 17.9 Å². The normalized spacial score (nSPS) is 22.9. The molecule has 4 amide bonds. The van der Waals surface area contributed by atoms with Crippen LogP contribution in [0.25, 0.3) is 0 Å². The molecule has 29 heavy (non-hydrogen) atoms. The minimum Gasteiger partial charge on any atom is -0.325 e. The van der Waals surface area contributed by atoms with E-state index in [1.54, 1.807) is 4.90 Å². The van der Waals surface area contributed by atoms with Crippen molar-refractivity contribution >= 4 is 29.2 Å². The second-order valence-corrected chi connectivity index (χ2v) is 8.12. The van der Waals surface area contributed by atoms with Crippen LogP contribution >= 0.6 is 0 Å². The van der Waals surface area contributed by atoms with Crippen LogP contribution in [0.1, 0.15) is 26.2 Å². The highest BCUT2D eigenvalue weighted by Crippen LogP contribution is 2.31. The summed E-state index contributed by atoms with van der Waals surface area (Å²) in [5, 5.41) is 2.89. The molecule has 3 heterocycles. The minimum atomic E-state index is -0.204. The van der Waals surface area contributed by atoms with E-state index in [1.165, 1.54) is 0 Å². The monoisotopic (exact) mass is 399 g/mol. The van der Waals surface area contributed by atoms with Crippen molar-refractivity contribution in [1.29, 1.82) is 0 Å². The SMILES string of the molecule is C[C@H]1CC(=O)Nc2ccccc2N1C(=O)CN1CCN(C(=O)N2CCCC2)CC1. The summed E-state index contributed by atoms with van der Waals surface area (Å²) in [6.45, 7) is 6.58. The van der Waals surface area contributed by atoms with E-state index in [0.717, 1.165) is 31.6 Å². The molecule has 3 aliphatic rings. The Morgan fingerprint density at radius 2 is 1.66 bits per heavy atom. The van der Waals surface area contributed by atoms with Crippen LogP contribution < -0.4 is 10.2 Å². The predicted molar refractivity (Wildman–Crippen MR) is 111 cm³/mol. The molecule has 1 atom stereocenters. The van der Waals surface area contributed by atoms with Gasteiger partial charge in [-0.1, -0.05) is 12.1 Å². The fraction of sp³-hybridized carbons (Fsp3) is 0.571. The number of amides is 4. The zero-order valence-corrected chi connectivity index (χ0v) is 17.0. The van der Waals surface area contributed by atoms with Gasteiger partial charge in [0.15, 0.2) is 0 Å². The number of nitrogens with zero attached hydrogens (tertiary/aromatic N) is 4. The molecule has 8 heteroatoms. The van der Waals surface area contributed by atoms with Crippen molar-refractivity contribution in [2.75, 3.05) is 56.0 Å². The third-order valence-electron chi connectivity index (χ3n) is 6.01. The third kappa shape index (κ3) is 4.22. The van der Waals surface area contributed by atoms with E-state index in [9.17, 15) is 14.4 Å². The molecule has 1 N–H and O–H groups in total. The Kier molecular flexibility index (Phi) is 5.71. The molecule has 0 bridgehead atoms. The molecule has 3 aliphatic heterocycles. The number of rotatable bonds is 2. The van der Waals surface area contributed by atoms with Gasteiger partial charge in [-0.15, -0.1) is 0 Å². The maximum absolute atomic E-state index is 13.2. The van der Waals surface area contributed by atoms with Crippen molar-refractivity contribution in [2.24, 2.45) is 0 Å². The van der Waals surface area contributed by atoms with Gasteiger partial charge in [-0.05, 0) is 31.9 Å². The van der Waals surface area contributed by atoms with E-state index in [-0.39, 0.29) is 30.3 Å². The number of hydrogen-bond acceptors (Lipinski definition) is 4. The molecule has 0 radical (unpaired) electrons. The molecule has 0 aliphatic carbocycles. The number of hydrogen-bond donors (Lipinski definition) is 1. The van der Waals surface area contributed by atoms with Gasteiger partial charge in [0.2, 0.25) is 11.8 Å². The van der Waals surface area contributed by atoms with Gasteiger partial charge in [-0.2, -0.15) is 0 Å². The lowest BCUT2D eigenvalue weighted by Crippen LogP contribution is -2.54. The first-order valence-corrected chi connectivity index (χ1v) is 10.5. The highest BCUT2D eigenvalue weighted by Gasteiger charge is 2.32. The van der Waals surface area contributed by atoms with Crippen LogP contribution in [0.4, 0.5) is 16.2 Å². The molecular weight excluding hydrogens is 370 g/mol. The zero-order chi connectivity index (χ0) is 20.4. The van der Waals surface area contributed by atoms with E-state index >= 15 is 0 Å². The van der Waals surface area contributed by atoms with Crippen LogP contribution in [0.3, 0.4) is 0 Å². The molecule has 1 aromatic carbocycles. The van der Waals surface area contributed by atoms with Gasteiger partial charge in [-0.25, -0.2) is 4.79 Å². The first kappa shape index (κ1) is 19.7. The fourth-order valence-electron chi connectivity index (χ4n) is 4.44. The zero-order valence-electron chi connectivity index (χ0n) is 17.0.